The average molecular weight is 244 g/mol. The van der Waals surface area contributed by atoms with Crippen molar-refractivity contribution in [1.82, 2.24) is 0 Å². The van der Waals surface area contributed by atoms with Crippen molar-refractivity contribution in [3.63, 3.8) is 0 Å². The zero-order chi connectivity index (χ0) is 13.1. The number of benzene rings is 1. The van der Waals surface area contributed by atoms with Gasteiger partial charge in [0.25, 0.3) is 0 Å². The van der Waals surface area contributed by atoms with Crippen molar-refractivity contribution in [2.24, 2.45) is 0 Å². The van der Waals surface area contributed by atoms with Crippen molar-refractivity contribution in [2.45, 2.75) is 12.7 Å². The third kappa shape index (κ3) is 10.6. The third-order valence-corrected chi connectivity index (χ3v) is 1.63. The van der Waals surface area contributed by atoms with Gasteiger partial charge in [-0.15, -0.1) is 0 Å². The number of carboxylic acid groups (broad SMARTS) is 2. The molecule has 0 amide bonds. The molecule has 1 aromatic rings. The Morgan fingerprint density at radius 3 is 2.24 bits per heavy atom. The van der Waals surface area contributed by atoms with Crippen LogP contribution in [0.5, 0.6) is 0 Å². The highest BCUT2D eigenvalue weighted by atomic mass is 16.6. The highest BCUT2D eigenvalue weighted by Crippen LogP contribution is 2.00. The van der Waals surface area contributed by atoms with E-state index in [-0.39, 0.29) is 13.2 Å². The largest absolute Gasteiger partial charge is 0.503 e. The number of ether oxygens (including phenoxy) is 1. The average Bonchev–Trinajstić information content (AvgIpc) is 2.29. The van der Waals surface area contributed by atoms with Gasteiger partial charge in [-0.3, -0.25) is 0 Å². The van der Waals surface area contributed by atoms with Gasteiger partial charge in [0.15, 0.2) is 0 Å². The van der Waals surface area contributed by atoms with Crippen molar-refractivity contribution >= 4 is 6.16 Å². The van der Waals surface area contributed by atoms with E-state index in [1.165, 1.54) is 0 Å². The topological polar surface area (TPSA) is 107 Å². The van der Waals surface area contributed by atoms with Gasteiger partial charge in [-0.2, -0.15) is 0 Å². The van der Waals surface area contributed by atoms with Gasteiger partial charge in [0.1, 0.15) is 6.10 Å². The van der Waals surface area contributed by atoms with Crippen molar-refractivity contribution in [1.29, 1.82) is 0 Å². The summed E-state index contributed by atoms with van der Waals surface area (Å²) in [4.78, 5) is 8.56. The van der Waals surface area contributed by atoms with Crippen LogP contribution in [0.15, 0.2) is 30.3 Å². The number of aliphatic hydroxyl groups excluding tert-OH is 2. The maximum atomic E-state index is 8.96. The van der Waals surface area contributed by atoms with Crippen LogP contribution in [0, 0.1) is 0 Å². The van der Waals surface area contributed by atoms with E-state index in [4.69, 9.17) is 30.0 Å². The minimum atomic E-state index is -1.83. The summed E-state index contributed by atoms with van der Waals surface area (Å²) in [5.74, 6) is 0. The van der Waals surface area contributed by atoms with Crippen molar-refractivity contribution in [3.05, 3.63) is 35.9 Å². The molecule has 0 radical (unpaired) electrons. The zero-order valence-corrected chi connectivity index (χ0v) is 9.19. The van der Waals surface area contributed by atoms with Gasteiger partial charge in [0, 0.05) is 0 Å². The van der Waals surface area contributed by atoms with Crippen LogP contribution in [0.1, 0.15) is 5.56 Å². The van der Waals surface area contributed by atoms with E-state index in [1.54, 1.807) is 0 Å². The van der Waals surface area contributed by atoms with E-state index in [9.17, 15) is 0 Å². The Morgan fingerprint density at radius 2 is 1.76 bits per heavy atom. The molecule has 1 rings (SSSR count). The summed E-state index contributed by atoms with van der Waals surface area (Å²) in [6, 6.07) is 9.70. The molecule has 1 aromatic carbocycles. The lowest BCUT2D eigenvalue weighted by Crippen LogP contribution is -2.19. The summed E-state index contributed by atoms with van der Waals surface area (Å²) in [5.41, 5.74) is 1.06. The third-order valence-electron chi connectivity index (χ3n) is 1.63. The molecule has 0 saturated carbocycles. The van der Waals surface area contributed by atoms with Crippen molar-refractivity contribution in [2.75, 3.05) is 13.2 Å². The number of hydrogen-bond donors (Lipinski definition) is 4. The first-order valence-electron chi connectivity index (χ1n) is 4.88. The van der Waals surface area contributed by atoms with Gasteiger partial charge in [0.2, 0.25) is 0 Å². The minimum Gasteiger partial charge on any atom is -0.450 e. The molecule has 0 heterocycles. The quantitative estimate of drug-likeness (QED) is 0.609. The van der Waals surface area contributed by atoms with Crippen LogP contribution in [-0.2, 0) is 11.3 Å². The fourth-order valence-corrected chi connectivity index (χ4v) is 0.940. The van der Waals surface area contributed by atoms with Crippen LogP contribution >= 0.6 is 0 Å². The highest BCUT2D eigenvalue weighted by molar-refractivity contribution is 5.53. The van der Waals surface area contributed by atoms with Crippen LogP contribution in [0.3, 0.4) is 0 Å². The molecule has 0 bridgehead atoms. The molecular weight excluding hydrogens is 228 g/mol. The molecule has 0 spiro atoms. The molecule has 0 saturated heterocycles. The van der Waals surface area contributed by atoms with Gasteiger partial charge in [0.05, 0.1) is 19.8 Å². The predicted octanol–water partition coefficient (Wildman–Crippen LogP) is 0.779. The Balaban J connectivity index is 0.000000557. The summed E-state index contributed by atoms with van der Waals surface area (Å²) in [7, 11) is 0. The summed E-state index contributed by atoms with van der Waals surface area (Å²) >= 11 is 0. The van der Waals surface area contributed by atoms with Crippen LogP contribution < -0.4 is 0 Å². The second-order valence-electron chi connectivity index (χ2n) is 3.12. The molecule has 96 valence electrons. The molecule has 1 unspecified atom stereocenters. The predicted molar refractivity (Wildman–Crippen MR) is 59.8 cm³/mol. The zero-order valence-electron chi connectivity index (χ0n) is 9.19. The molecule has 1 atom stereocenters. The van der Waals surface area contributed by atoms with Gasteiger partial charge >= 0.3 is 6.16 Å². The Bertz CT molecular complexity index is 296. The lowest BCUT2D eigenvalue weighted by molar-refractivity contribution is 0.0000253. The molecule has 0 fully saturated rings. The fourth-order valence-electron chi connectivity index (χ4n) is 0.940. The number of rotatable bonds is 5. The Hall–Kier alpha value is -1.63. The first kappa shape index (κ1) is 15.4. The van der Waals surface area contributed by atoms with Gasteiger partial charge in [-0.25, -0.2) is 4.79 Å². The molecule has 0 aliphatic heterocycles. The summed E-state index contributed by atoms with van der Waals surface area (Å²) in [6.45, 7) is 0.387. The summed E-state index contributed by atoms with van der Waals surface area (Å²) < 4.78 is 5.16. The van der Waals surface area contributed by atoms with Gasteiger partial charge in [-0.1, -0.05) is 30.3 Å². The normalized spacial score (nSPS) is 11.2. The highest BCUT2D eigenvalue weighted by Gasteiger charge is 2.00. The SMILES string of the molecule is O=C(O)O.OCC(O)COCc1ccccc1. The standard InChI is InChI=1S/C10H14O3.CH2O3/c11-6-10(12)8-13-7-9-4-2-1-3-5-9;2-1(3)4/h1-5,10-12H,6-8H2;(H2,2,3,4). The molecule has 0 aliphatic carbocycles. The van der Waals surface area contributed by atoms with E-state index >= 15 is 0 Å². The van der Waals surface area contributed by atoms with E-state index < -0.39 is 12.3 Å². The summed E-state index contributed by atoms with van der Waals surface area (Å²) in [5, 5.41) is 31.4. The molecule has 4 N–H and O–H groups in total. The van der Waals surface area contributed by atoms with E-state index in [2.05, 4.69) is 0 Å². The maximum absolute atomic E-state index is 8.96. The van der Waals surface area contributed by atoms with E-state index in [1.807, 2.05) is 30.3 Å². The number of hydrogen-bond acceptors (Lipinski definition) is 4. The minimum absolute atomic E-state index is 0.172. The van der Waals surface area contributed by atoms with Crippen LogP contribution in [0.2, 0.25) is 0 Å². The maximum Gasteiger partial charge on any atom is 0.503 e. The monoisotopic (exact) mass is 244 g/mol. The molecular formula is C11H16O6. The smallest absolute Gasteiger partial charge is 0.450 e. The second-order valence-corrected chi connectivity index (χ2v) is 3.12. The second kappa shape index (κ2) is 9.59. The fraction of sp³-hybridized carbons (Fsp3) is 0.364. The lowest BCUT2D eigenvalue weighted by Gasteiger charge is -2.07. The molecule has 17 heavy (non-hydrogen) atoms. The number of aliphatic hydroxyl groups is 2. The van der Waals surface area contributed by atoms with Crippen molar-refractivity contribution < 1.29 is 30.0 Å². The Labute approximate surface area is 98.7 Å². The van der Waals surface area contributed by atoms with Crippen LogP contribution in [0.4, 0.5) is 4.79 Å². The first-order chi connectivity index (χ1) is 8.06. The van der Waals surface area contributed by atoms with Gasteiger partial charge in [-0.05, 0) is 5.56 Å². The lowest BCUT2D eigenvalue weighted by atomic mass is 10.2. The molecule has 6 heteroatoms. The molecule has 6 nitrogen and oxygen atoms in total. The molecule has 0 aliphatic rings. The Kier molecular flexibility index (Phi) is 8.67. The van der Waals surface area contributed by atoms with Crippen molar-refractivity contribution in [3.8, 4) is 0 Å². The Morgan fingerprint density at radius 1 is 1.24 bits per heavy atom. The van der Waals surface area contributed by atoms with Gasteiger partial charge < -0.3 is 25.2 Å². The molecule has 0 aromatic heterocycles. The van der Waals surface area contributed by atoms with Crippen LogP contribution in [-0.4, -0.2) is 45.9 Å². The van der Waals surface area contributed by atoms with Crippen LogP contribution in [0.25, 0.3) is 0 Å². The first-order valence-corrected chi connectivity index (χ1v) is 4.88. The van der Waals surface area contributed by atoms with E-state index in [0.717, 1.165) is 5.56 Å². The summed E-state index contributed by atoms with van der Waals surface area (Å²) in [6.07, 6.45) is -2.61. The number of carbonyl (C=O) groups is 1. The van der Waals surface area contributed by atoms with E-state index in [0.29, 0.717) is 6.61 Å².